The second kappa shape index (κ2) is 7.05. The molecule has 3 N–H and O–H groups in total. The van der Waals surface area contributed by atoms with Gasteiger partial charge in [0.15, 0.2) is 0 Å². The molecule has 1 unspecified atom stereocenters. The van der Waals surface area contributed by atoms with Gasteiger partial charge in [0.2, 0.25) is 5.91 Å². The maximum Gasteiger partial charge on any atom is 0.244 e. The molecule has 4 nitrogen and oxygen atoms in total. The number of carbonyl (C=O) groups is 1. The average Bonchev–Trinajstić information content (AvgIpc) is 2.44. The Balaban J connectivity index is 3.17. The zero-order valence-corrected chi connectivity index (χ0v) is 13.8. The number of hydrogen-bond acceptors (Lipinski definition) is 3. The van der Waals surface area contributed by atoms with Gasteiger partial charge < -0.3 is 10.5 Å². The van der Waals surface area contributed by atoms with Gasteiger partial charge in [0.1, 0.15) is 5.54 Å². The summed E-state index contributed by atoms with van der Waals surface area (Å²) in [6.45, 7) is 10.3. The van der Waals surface area contributed by atoms with Crippen LogP contribution in [0.15, 0.2) is 30.3 Å². The molecule has 21 heavy (non-hydrogen) atoms. The Morgan fingerprint density at radius 2 is 1.86 bits per heavy atom. The highest BCUT2D eigenvalue weighted by molar-refractivity contribution is 5.86. The SMILES string of the molecule is CCC(C)(C)OCC(NC(C)C)(C(N)=O)c1ccccc1. The number of hydrogen-bond donors (Lipinski definition) is 2. The lowest BCUT2D eigenvalue weighted by atomic mass is 9.88. The molecule has 1 atom stereocenters. The molecule has 1 amide bonds. The van der Waals surface area contributed by atoms with Crippen molar-refractivity contribution < 1.29 is 9.53 Å². The van der Waals surface area contributed by atoms with Crippen molar-refractivity contribution in [3.8, 4) is 0 Å². The van der Waals surface area contributed by atoms with Crippen molar-refractivity contribution in [1.82, 2.24) is 5.32 Å². The van der Waals surface area contributed by atoms with E-state index in [0.717, 1.165) is 12.0 Å². The predicted molar refractivity (Wildman–Crippen MR) is 85.9 cm³/mol. The van der Waals surface area contributed by atoms with Crippen LogP contribution in [0.3, 0.4) is 0 Å². The summed E-state index contributed by atoms with van der Waals surface area (Å²) in [5.41, 5.74) is 5.26. The number of primary amides is 1. The van der Waals surface area contributed by atoms with Gasteiger partial charge in [0.25, 0.3) is 0 Å². The van der Waals surface area contributed by atoms with Crippen molar-refractivity contribution >= 4 is 5.91 Å². The number of nitrogens with two attached hydrogens (primary N) is 1. The molecule has 0 aliphatic rings. The molecule has 0 heterocycles. The van der Waals surface area contributed by atoms with E-state index in [4.69, 9.17) is 10.5 Å². The van der Waals surface area contributed by atoms with E-state index in [1.54, 1.807) is 0 Å². The van der Waals surface area contributed by atoms with E-state index in [0.29, 0.717) is 0 Å². The maximum atomic E-state index is 12.2. The van der Waals surface area contributed by atoms with Gasteiger partial charge in [-0.05, 0) is 39.7 Å². The van der Waals surface area contributed by atoms with Gasteiger partial charge in [0, 0.05) is 6.04 Å². The normalized spacial score (nSPS) is 15.0. The van der Waals surface area contributed by atoms with E-state index in [1.807, 2.05) is 58.0 Å². The summed E-state index contributed by atoms with van der Waals surface area (Å²) >= 11 is 0. The highest BCUT2D eigenvalue weighted by atomic mass is 16.5. The Bertz CT molecular complexity index is 457. The van der Waals surface area contributed by atoms with Crippen LogP contribution in [0.4, 0.5) is 0 Å². The molecule has 0 aliphatic heterocycles. The molecule has 1 aromatic rings. The molecule has 0 bridgehead atoms. The lowest BCUT2D eigenvalue weighted by Crippen LogP contribution is -2.58. The fourth-order valence-electron chi connectivity index (χ4n) is 2.11. The van der Waals surface area contributed by atoms with Crippen molar-refractivity contribution in [2.75, 3.05) is 6.61 Å². The summed E-state index contributed by atoms with van der Waals surface area (Å²) in [5, 5.41) is 3.31. The number of rotatable bonds is 8. The number of benzene rings is 1. The summed E-state index contributed by atoms with van der Waals surface area (Å²) in [5.74, 6) is -0.422. The minimum Gasteiger partial charge on any atom is -0.373 e. The summed E-state index contributed by atoms with van der Waals surface area (Å²) < 4.78 is 6.00. The van der Waals surface area contributed by atoms with Crippen LogP contribution >= 0.6 is 0 Å². The molecule has 0 saturated heterocycles. The predicted octanol–water partition coefficient (Wildman–Crippen LogP) is 2.57. The van der Waals surface area contributed by atoms with Crippen LogP contribution in [0.5, 0.6) is 0 Å². The fraction of sp³-hybridized carbons (Fsp3) is 0.588. The second-order valence-corrected chi connectivity index (χ2v) is 6.34. The molecular formula is C17H28N2O2. The number of carbonyl (C=O) groups excluding carboxylic acids is 1. The Hall–Kier alpha value is -1.39. The van der Waals surface area contributed by atoms with Crippen LogP contribution < -0.4 is 11.1 Å². The lowest BCUT2D eigenvalue weighted by molar-refractivity contribution is -0.132. The van der Waals surface area contributed by atoms with Crippen molar-refractivity contribution in [2.24, 2.45) is 5.73 Å². The number of ether oxygens (including phenoxy) is 1. The minimum absolute atomic E-state index is 0.103. The third kappa shape index (κ3) is 4.55. The first-order valence-corrected chi connectivity index (χ1v) is 7.50. The van der Waals surface area contributed by atoms with E-state index in [9.17, 15) is 4.79 Å². The van der Waals surface area contributed by atoms with Crippen LogP contribution in [0.25, 0.3) is 0 Å². The molecule has 0 radical (unpaired) electrons. The van der Waals surface area contributed by atoms with E-state index >= 15 is 0 Å². The van der Waals surface area contributed by atoms with E-state index in [2.05, 4.69) is 12.2 Å². The van der Waals surface area contributed by atoms with E-state index in [-0.39, 0.29) is 18.2 Å². The monoisotopic (exact) mass is 292 g/mol. The van der Waals surface area contributed by atoms with Gasteiger partial charge in [-0.3, -0.25) is 10.1 Å². The van der Waals surface area contributed by atoms with Crippen LogP contribution in [-0.4, -0.2) is 24.2 Å². The standard InChI is InChI=1S/C17H28N2O2/c1-6-16(4,5)21-12-17(15(18)20,19-13(2)3)14-10-8-7-9-11-14/h7-11,13,19H,6,12H2,1-5H3,(H2,18,20). The average molecular weight is 292 g/mol. The Morgan fingerprint density at radius 1 is 1.29 bits per heavy atom. The maximum absolute atomic E-state index is 12.2. The lowest BCUT2D eigenvalue weighted by Gasteiger charge is -2.37. The van der Waals surface area contributed by atoms with Crippen molar-refractivity contribution in [3.63, 3.8) is 0 Å². The third-order valence-corrected chi connectivity index (χ3v) is 3.75. The van der Waals surface area contributed by atoms with Gasteiger partial charge >= 0.3 is 0 Å². The Kier molecular flexibility index (Phi) is 5.93. The summed E-state index contributed by atoms with van der Waals surface area (Å²) in [6.07, 6.45) is 0.859. The third-order valence-electron chi connectivity index (χ3n) is 3.75. The molecule has 0 aromatic heterocycles. The van der Waals surface area contributed by atoms with Crippen molar-refractivity contribution in [3.05, 3.63) is 35.9 Å². The Morgan fingerprint density at radius 3 is 2.29 bits per heavy atom. The van der Waals surface area contributed by atoms with Gasteiger partial charge in [-0.15, -0.1) is 0 Å². The minimum atomic E-state index is -1.01. The highest BCUT2D eigenvalue weighted by Crippen LogP contribution is 2.26. The molecule has 4 heteroatoms. The molecule has 0 spiro atoms. The van der Waals surface area contributed by atoms with Gasteiger partial charge in [-0.1, -0.05) is 37.3 Å². The van der Waals surface area contributed by atoms with E-state index in [1.165, 1.54) is 0 Å². The van der Waals surface area contributed by atoms with Gasteiger partial charge in [-0.25, -0.2) is 0 Å². The van der Waals surface area contributed by atoms with Crippen molar-refractivity contribution in [2.45, 2.75) is 58.2 Å². The molecule has 1 aromatic carbocycles. The molecule has 0 aliphatic carbocycles. The number of nitrogens with one attached hydrogen (secondary N) is 1. The molecule has 0 saturated carbocycles. The topological polar surface area (TPSA) is 64.3 Å². The summed E-state index contributed by atoms with van der Waals surface area (Å²) in [4.78, 5) is 12.2. The van der Waals surface area contributed by atoms with Crippen molar-refractivity contribution in [1.29, 1.82) is 0 Å². The van der Waals surface area contributed by atoms with Gasteiger partial charge in [0.05, 0.1) is 12.2 Å². The first-order chi connectivity index (χ1) is 9.73. The van der Waals surface area contributed by atoms with E-state index < -0.39 is 11.4 Å². The quantitative estimate of drug-likeness (QED) is 0.774. The zero-order valence-electron chi connectivity index (χ0n) is 13.8. The summed E-state index contributed by atoms with van der Waals surface area (Å²) in [7, 11) is 0. The Labute approximate surface area is 128 Å². The smallest absolute Gasteiger partial charge is 0.244 e. The fourth-order valence-corrected chi connectivity index (χ4v) is 2.11. The van der Waals surface area contributed by atoms with Crippen LogP contribution in [-0.2, 0) is 15.1 Å². The number of amides is 1. The zero-order chi connectivity index (χ0) is 16.1. The molecule has 118 valence electrons. The van der Waals surface area contributed by atoms with Crippen LogP contribution in [0.2, 0.25) is 0 Å². The molecule has 0 fully saturated rings. The first kappa shape index (κ1) is 17.7. The van der Waals surface area contributed by atoms with Crippen LogP contribution in [0.1, 0.15) is 46.6 Å². The van der Waals surface area contributed by atoms with Crippen LogP contribution in [0, 0.1) is 0 Å². The second-order valence-electron chi connectivity index (χ2n) is 6.34. The van der Waals surface area contributed by atoms with Gasteiger partial charge in [-0.2, -0.15) is 0 Å². The molecular weight excluding hydrogens is 264 g/mol. The largest absolute Gasteiger partial charge is 0.373 e. The first-order valence-electron chi connectivity index (χ1n) is 7.50. The highest BCUT2D eigenvalue weighted by Gasteiger charge is 2.40. The molecule has 1 rings (SSSR count). The summed E-state index contributed by atoms with van der Waals surface area (Å²) in [6, 6.07) is 9.64.